The maximum Gasteiger partial charge on any atom is 0.258 e. The van der Waals surface area contributed by atoms with Gasteiger partial charge in [-0.2, -0.15) is 5.10 Å². The number of rotatable bonds is 6. The molecular formula is C20H22N4O. The number of nitrogens with one attached hydrogen (secondary N) is 1. The minimum Gasteiger partial charge on any atom is -0.322 e. The molecule has 0 aliphatic heterocycles. The maximum absolute atomic E-state index is 12.5. The lowest BCUT2D eigenvalue weighted by Gasteiger charge is -2.14. The predicted molar refractivity (Wildman–Crippen MR) is 99.6 cm³/mol. The van der Waals surface area contributed by atoms with Crippen molar-refractivity contribution in [3.63, 3.8) is 0 Å². The van der Waals surface area contributed by atoms with Crippen molar-refractivity contribution in [3.8, 4) is 0 Å². The van der Waals surface area contributed by atoms with E-state index >= 15 is 0 Å². The van der Waals surface area contributed by atoms with Crippen LogP contribution < -0.4 is 5.32 Å². The van der Waals surface area contributed by atoms with E-state index in [-0.39, 0.29) is 5.91 Å². The zero-order chi connectivity index (χ0) is 17.6. The van der Waals surface area contributed by atoms with Gasteiger partial charge in [0.05, 0.1) is 18.3 Å². The van der Waals surface area contributed by atoms with Crippen LogP contribution in [0, 0.1) is 0 Å². The standard InChI is InChI=1S/C20H22N4O/c1-23(2)14-17-10-6-7-11-19(17)22-20(25)18-12-21-24(15-18)13-16-8-4-3-5-9-16/h3-12,15H,13-14H2,1-2H3,(H,22,25). The highest BCUT2D eigenvalue weighted by Crippen LogP contribution is 2.17. The molecule has 0 aliphatic rings. The lowest BCUT2D eigenvalue weighted by Crippen LogP contribution is -2.16. The van der Waals surface area contributed by atoms with E-state index < -0.39 is 0 Å². The van der Waals surface area contributed by atoms with Crippen LogP contribution in [0.2, 0.25) is 0 Å². The van der Waals surface area contributed by atoms with E-state index in [4.69, 9.17) is 0 Å². The topological polar surface area (TPSA) is 50.2 Å². The average molecular weight is 334 g/mol. The van der Waals surface area contributed by atoms with Crippen molar-refractivity contribution in [2.45, 2.75) is 13.1 Å². The van der Waals surface area contributed by atoms with Crippen molar-refractivity contribution < 1.29 is 4.79 Å². The number of para-hydroxylation sites is 1. The van der Waals surface area contributed by atoms with Crippen molar-refractivity contribution in [2.24, 2.45) is 0 Å². The Hall–Kier alpha value is -2.92. The molecule has 25 heavy (non-hydrogen) atoms. The van der Waals surface area contributed by atoms with Crippen molar-refractivity contribution in [1.29, 1.82) is 0 Å². The Labute approximate surface area is 147 Å². The van der Waals surface area contributed by atoms with Crippen LogP contribution in [0.15, 0.2) is 67.0 Å². The van der Waals surface area contributed by atoms with Crippen LogP contribution in [0.4, 0.5) is 5.69 Å². The molecule has 0 bridgehead atoms. The number of amides is 1. The first-order valence-electron chi connectivity index (χ1n) is 8.22. The molecule has 0 fully saturated rings. The smallest absolute Gasteiger partial charge is 0.258 e. The lowest BCUT2D eigenvalue weighted by molar-refractivity contribution is 0.102. The third kappa shape index (κ3) is 4.55. The fourth-order valence-corrected chi connectivity index (χ4v) is 2.65. The van der Waals surface area contributed by atoms with Gasteiger partial charge in [-0.3, -0.25) is 9.48 Å². The maximum atomic E-state index is 12.5. The number of carbonyl (C=O) groups is 1. The molecule has 1 heterocycles. The quantitative estimate of drug-likeness (QED) is 0.753. The molecular weight excluding hydrogens is 312 g/mol. The van der Waals surface area contributed by atoms with Crippen LogP contribution in [0.1, 0.15) is 21.5 Å². The summed E-state index contributed by atoms with van der Waals surface area (Å²) in [7, 11) is 4.01. The molecule has 0 saturated carbocycles. The van der Waals surface area contributed by atoms with E-state index in [9.17, 15) is 4.79 Å². The number of hydrogen-bond donors (Lipinski definition) is 1. The molecule has 0 atom stereocenters. The molecule has 1 N–H and O–H groups in total. The van der Waals surface area contributed by atoms with Gasteiger partial charge in [-0.1, -0.05) is 48.5 Å². The monoisotopic (exact) mass is 334 g/mol. The van der Waals surface area contributed by atoms with Crippen molar-refractivity contribution in [1.82, 2.24) is 14.7 Å². The molecule has 0 spiro atoms. The van der Waals surface area contributed by atoms with E-state index in [1.165, 1.54) is 0 Å². The number of anilines is 1. The van der Waals surface area contributed by atoms with Crippen LogP contribution in [-0.2, 0) is 13.1 Å². The summed E-state index contributed by atoms with van der Waals surface area (Å²) in [6.07, 6.45) is 3.38. The van der Waals surface area contributed by atoms with Gasteiger partial charge >= 0.3 is 0 Å². The average Bonchev–Trinajstić information content (AvgIpc) is 3.06. The van der Waals surface area contributed by atoms with Crippen molar-refractivity contribution in [3.05, 3.63) is 83.7 Å². The van der Waals surface area contributed by atoms with Crippen molar-refractivity contribution >= 4 is 11.6 Å². The minimum absolute atomic E-state index is 0.148. The molecule has 3 rings (SSSR count). The summed E-state index contributed by atoms with van der Waals surface area (Å²) < 4.78 is 1.77. The number of hydrogen-bond acceptors (Lipinski definition) is 3. The molecule has 0 unspecified atom stereocenters. The summed E-state index contributed by atoms with van der Waals surface area (Å²) in [4.78, 5) is 14.6. The summed E-state index contributed by atoms with van der Waals surface area (Å²) in [5.41, 5.74) is 3.61. The number of aromatic nitrogens is 2. The van der Waals surface area contributed by atoms with E-state index in [0.717, 1.165) is 23.4 Å². The van der Waals surface area contributed by atoms with Crippen LogP contribution in [0.3, 0.4) is 0 Å². The van der Waals surface area contributed by atoms with Crippen LogP contribution in [0.5, 0.6) is 0 Å². The second-order valence-electron chi connectivity index (χ2n) is 6.26. The van der Waals surface area contributed by atoms with E-state index in [1.807, 2.05) is 68.7 Å². The van der Waals surface area contributed by atoms with Gasteiger partial charge < -0.3 is 10.2 Å². The van der Waals surface area contributed by atoms with E-state index in [2.05, 4.69) is 15.3 Å². The largest absolute Gasteiger partial charge is 0.322 e. The molecule has 2 aromatic carbocycles. The molecule has 3 aromatic rings. The third-order valence-corrected chi connectivity index (χ3v) is 3.83. The van der Waals surface area contributed by atoms with Crippen LogP contribution in [0.25, 0.3) is 0 Å². The lowest BCUT2D eigenvalue weighted by atomic mass is 10.1. The van der Waals surface area contributed by atoms with Crippen LogP contribution >= 0.6 is 0 Å². The SMILES string of the molecule is CN(C)Cc1ccccc1NC(=O)c1cnn(Cc2ccccc2)c1. The summed E-state index contributed by atoms with van der Waals surface area (Å²) >= 11 is 0. The zero-order valence-electron chi connectivity index (χ0n) is 14.5. The summed E-state index contributed by atoms with van der Waals surface area (Å²) in [6.45, 7) is 1.41. The minimum atomic E-state index is -0.148. The van der Waals surface area contributed by atoms with Gasteiger partial charge in [0.1, 0.15) is 0 Å². The van der Waals surface area contributed by atoms with E-state index in [0.29, 0.717) is 12.1 Å². The van der Waals surface area contributed by atoms with Gasteiger partial charge in [0.25, 0.3) is 5.91 Å². The number of nitrogens with zero attached hydrogens (tertiary/aromatic N) is 3. The first kappa shape index (κ1) is 16.9. The third-order valence-electron chi connectivity index (χ3n) is 3.83. The van der Waals surface area contributed by atoms with Gasteiger partial charge in [0.15, 0.2) is 0 Å². The zero-order valence-corrected chi connectivity index (χ0v) is 14.5. The fourth-order valence-electron chi connectivity index (χ4n) is 2.65. The second-order valence-corrected chi connectivity index (χ2v) is 6.26. The molecule has 5 nitrogen and oxygen atoms in total. The van der Waals surface area contributed by atoms with Gasteiger partial charge in [0, 0.05) is 18.4 Å². The first-order valence-corrected chi connectivity index (χ1v) is 8.22. The summed E-state index contributed by atoms with van der Waals surface area (Å²) in [5.74, 6) is -0.148. The Morgan fingerprint density at radius 3 is 2.56 bits per heavy atom. The molecule has 0 saturated heterocycles. The van der Waals surface area contributed by atoms with Gasteiger partial charge in [-0.25, -0.2) is 0 Å². The normalized spacial score (nSPS) is 10.8. The Morgan fingerprint density at radius 1 is 1.08 bits per heavy atom. The fraction of sp³-hybridized carbons (Fsp3) is 0.200. The van der Waals surface area contributed by atoms with Crippen molar-refractivity contribution in [2.75, 3.05) is 19.4 Å². The molecule has 128 valence electrons. The van der Waals surface area contributed by atoms with Gasteiger partial charge in [0.2, 0.25) is 0 Å². The van der Waals surface area contributed by atoms with Crippen LogP contribution in [-0.4, -0.2) is 34.7 Å². The highest BCUT2D eigenvalue weighted by atomic mass is 16.1. The number of carbonyl (C=O) groups excluding carboxylic acids is 1. The molecule has 0 aliphatic carbocycles. The van der Waals surface area contributed by atoms with Gasteiger partial charge in [-0.15, -0.1) is 0 Å². The predicted octanol–water partition coefficient (Wildman–Crippen LogP) is 3.25. The molecule has 1 aromatic heterocycles. The molecule has 0 radical (unpaired) electrons. The Balaban J connectivity index is 1.70. The summed E-state index contributed by atoms with van der Waals surface area (Å²) in [6, 6.07) is 17.9. The second kappa shape index (κ2) is 7.77. The van der Waals surface area contributed by atoms with Gasteiger partial charge in [-0.05, 0) is 31.3 Å². The number of benzene rings is 2. The highest BCUT2D eigenvalue weighted by molar-refractivity contribution is 6.04. The molecule has 1 amide bonds. The molecule has 5 heteroatoms. The first-order chi connectivity index (χ1) is 12.1. The Morgan fingerprint density at radius 2 is 1.80 bits per heavy atom. The summed E-state index contributed by atoms with van der Waals surface area (Å²) in [5, 5.41) is 7.28. The Kier molecular flexibility index (Phi) is 5.26. The highest BCUT2D eigenvalue weighted by Gasteiger charge is 2.11. The van der Waals surface area contributed by atoms with E-state index in [1.54, 1.807) is 17.1 Å². The Bertz CT molecular complexity index is 840.